The Kier molecular flexibility index (Phi) is 4.24. The van der Waals surface area contributed by atoms with E-state index >= 15 is 0 Å². The molecule has 2 rings (SSSR count). The molecule has 0 saturated heterocycles. The summed E-state index contributed by atoms with van der Waals surface area (Å²) in [6, 6.07) is 8.12. The summed E-state index contributed by atoms with van der Waals surface area (Å²) in [4.78, 5) is 11.1. The van der Waals surface area contributed by atoms with Crippen LogP contribution in [0.2, 0.25) is 0 Å². The first kappa shape index (κ1) is 15.4. The zero-order valence-corrected chi connectivity index (χ0v) is 11.9. The van der Waals surface area contributed by atoms with Gasteiger partial charge in [-0.2, -0.15) is 0 Å². The van der Waals surface area contributed by atoms with E-state index in [1.807, 2.05) is 0 Å². The fraction of sp³-hybridized carbons (Fsp3) is 0. The van der Waals surface area contributed by atoms with Gasteiger partial charge < -0.3 is 5.32 Å². The molecule has 0 aliphatic rings. The van der Waals surface area contributed by atoms with Crippen LogP contribution in [0.1, 0.15) is 10.4 Å². The number of carbonyl (C=O) groups excluding carboxylic acids is 1. The van der Waals surface area contributed by atoms with Crippen LogP contribution in [-0.4, -0.2) is 14.3 Å². The molecular formula is C13H8ClF2NO3S. The predicted octanol–water partition coefficient (Wildman–Crippen LogP) is 3.14. The number of benzene rings is 2. The first-order valence-electron chi connectivity index (χ1n) is 5.59. The quantitative estimate of drug-likeness (QED) is 0.879. The summed E-state index contributed by atoms with van der Waals surface area (Å²) in [5.41, 5.74) is -0.239. The number of carbonyl (C=O) groups is 1. The molecule has 0 bridgehead atoms. The molecule has 0 unspecified atom stereocenters. The van der Waals surface area contributed by atoms with Crippen molar-refractivity contribution in [3.05, 3.63) is 59.7 Å². The molecule has 110 valence electrons. The van der Waals surface area contributed by atoms with Crippen molar-refractivity contribution in [3.8, 4) is 0 Å². The number of amides is 1. The van der Waals surface area contributed by atoms with Crippen molar-refractivity contribution >= 4 is 31.3 Å². The van der Waals surface area contributed by atoms with Crippen molar-refractivity contribution in [2.24, 2.45) is 0 Å². The number of hydrogen-bond acceptors (Lipinski definition) is 3. The average Bonchev–Trinajstić information content (AvgIpc) is 2.37. The van der Waals surface area contributed by atoms with Gasteiger partial charge in [0.1, 0.15) is 16.5 Å². The van der Waals surface area contributed by atoms with Crippen molar-refractivity contribution in [1.29, 1.82) is 0 Å². The number of nitrogens with one attached hydrogen (secondary N) is 1. The third kappa shape index (κ3) is 3.56. The van der Waals surface area contributed by atoms with Gasteiger partial charge in [-0.1, -0.05) is 12.1 Å². The molecule has 0 aliphatic heterocycles. The van der Waals surface area contributed by atoms with E-state index in [0.29, 0.717) is 0 Å². The molecule has 0 radical (unpaired) electrons. The van der Waals surface area contributed by atoms with Crippen LogP contribution >= 0.6 is 10.7 Å². The van der Waals surface area contributed by atoms with Crippen LogP contribution in [0.3, 0.4) is 0 Å². The summed E-state index contributed by atoms with van der Waals surface area (Å²) in [5, 5.41) is 2.26. The van der Waals surface area contributed by atoms with Crippen molar-refractivity contribution in [3.63, 3.8) is 0 Å². The summed E-state index contributed by atoms with van der Waals surface area (Å²) in [6.45, 7) is 0. The topological polar surface area (TPSA) is 63.2 Å². The summed E-state index contributed by atoms with van der Waals surface area (Å²) in [5.74, 6) is -2.62. The van der Waals surface area contributed by atoms with Crippen molar-refractivity contribution in [2.75, 3.05) is 5.32 Å². The number of anilines is 1. The highest BCUT2D eigenvalue weighted by Crippen LogP contribution is 2.22. The number of hydrogen-bond donors (Lipinski definition) is 1. The van der Waals surface area contributed by atoms with Crippen molar-refractivity contribution < 1.29 is 22.0 Å². The van der Waals surface area contributed by atoms with E-state index in [0.717, 1.165) is 24.3 Å². The first-order valence-corrected chi connectivity index (χ1v) is 7.90. The number of rotatable bonds is 3. The number of halogens is 3. The van der Waals surface area contributed by atoms with E-state index < -0.39 is 31.5 Å². The second-order valence-electron chi connectivity index (χ2n) is 4.02. The van der Waals surface area contributed by atoms with Crippen molar-refractivity contribution in [1.82, 2.24) is 0 Å². The zero-order valence-electron chi connectivity index (χ0n) is 10.3. The zero-order chi connectivity index (χ0) is 15.6. The molecule has 0 heterocycles. The van der Waals surface area contributed by atoms with Gasteiger partial charge in [0.15, 0.2) is 0 Å². The lowest BCUT2D eigenvalue weighted by atomic mass is 10.2. The normalized spacial score (nSPS) is 11.2. The Morgan fingerprint density at radius 2 is 1.71 bits per heavy atom. The summed E-state index contributed by atoms with van der Waals surface area (Å²) < 4.78 is 49.1. The van der Waals surface area contributed by atoms with Gasteiger partial charge in [0.2, 0.25) is 0 Å². The van der Waals surface area contributed by atoms with E-state index in [-0.39, 0.29) is 11.3 Å². The standard InChI is InChI=1S/C13H8ClF2NO3S/c14-21(19,20)12-6-5-8(7-11(12)16)17-13(18)9-3-1-2-4-10(9)15/h1-7H,(H,17,18). The molecular weight excluding hydrogens is 324 g/mol. The maximum absolute atomic E-state index is 13.6. The van der Waals surface area contributed by atoms with Gasteiger partial charge in [0.05, 0.1) is 5.56 Å². The minimum Gasteiger partial charge on any atom is -0.322 e. The molecule has 0 aliphatic carbocycles. The lowest BCUT2D eigenvalue weighted by Crippen LogP contribution is -2.14. The molecule has 2 aromatic carbocycles. The highest BCUT2D eigenvalue weighted by molar-refractivity contribution is 8.13. The molecule has 0 fully saturated rings. The van der Waals surface area contributed by atoms with E-state index in [2.05, 4.69) is 5.32 Å². The largest absolute Gasteiger partial charge is 0.322 e. The molecule has 1 N–H and O–H groups in total. The molecule has 2 aromatic rings. The molecule has 8 heteroatoms. The Labute approximate surface area is 123 Å². The van der Waals surface area contributed by atoms with E-state index in [9.17, 15) is 22.0 Å². The third-order valence-corrected chi connectivity index (χ3v) is 3.93. The Hall–Kier alpha value is -1.99. The molecule has 0 saturated carbocycles. The van der Waals surface area contributed by atoms with Crippen LogP contribution in [0.4, 0.5) is 14.5 Å². The van der Waals surface area contributed by atoms with Gasteiger partial charge >= 0.3 is 0 Å². The maximum atomic E-state index is 13.6. The molecule has 0 atom stereocenters. The van der Waals surface area contributed by atoms with Crippen molar-refractivity contribution in [2.45, 2.75) is 4.90 Å². The Morgan fingerprint density at radius 1 is 1.05 bits per heavy atom. The van der Waals surface area contributed by atoms with Crippen LogP contribution in [0.25, 0.3) is 0 Å². The van der Waals surface area contributed by atoms with Crippen LogP contribution < -0.4 is 5.32 Å². The Morgan fingerprint density at radius 3 is 2.29 bits per heavy atom. The summed E-state index contributed by atoms with van der Waals surface area (Å²) in [6.07, 6.45) is 0. The van der Waals surface area contributed by atoms with Crippen LogP contribution in [0.15, 0.2) is 47.4 Å². The SMILES string of the molecule is O=C(Nc1ccc(S(=O)(=O)Cl)c(F)c1)c1ccccc1F. The second kappa shape index (κ2) is 5.79. The fourth-order valence-electron chi connectivity index (χ4n) is 1.62. The highest BCUT2D eigenvalue weighted by atomic mass is 35.7. The van der Waals surface area contributed by atoms with Crippen LogP contribution in [-0.2, 0) is 9.05 Å². The molecule has 21 heavy (non-hydrogen) atoms. The van der Waals surface area contributed by atoms with E-state index in [1.54, 1.807) is 0 Å². The summed E-state index contributed by atoms with van der Waals surface area (Å²) >= 11 is 0. The van der Waals surface area contributed by atoms with Gasteiger partial charge in [0.25, 0.3) is 15.0 Å². The van der Waals surface area contributed by atoms with Gasteiger partial charge in [0, 0.05) is 16.4 Å². The highest BCUT2D eigenvalue weighted by Gasteiger charge is 2.17. The lowest BCUT2D eigenvalue weighted by Gasteiger charge is -2.07. The van der Waals surface area contributed by atoms with Gasteiger partial charge in [-0.3, -0.25) is 4.79 Å². The van der Waals surface area contributed by atoms with Crippen LogP contribution in [0, 0.1) is 11.6 Å². The summed E-state index contributed by atoms with van der Waals surface area (Å²) in [7, 11) is 0.821. The first-order chi connectivity index (χ1) is 9.79. The molecule has 4 nitrogen and oxygen atoms in total. The molecule has 0 spiro atoms. The second-order valence-corrected chi connectivity index (χ2v) is 6.55. The minimum absolute atomic E-state index is 0.0233. The maximum Gasteiger partial charge on any atom is 0.264 e. The molecule has 1 amide bonds. The van der Waals surface area contributed by atoms with Crippen LogP contribution in [0.5, 0.6) is 0 Å². The predicted molar refractivity (Wildman–Crippen MR) is 73.8 cm³/mol. The fourth-order valence-corrected chi connectivity index (χ4v) is 2.52. The third-order valence-electron chi connectivity index (χ3n) is 2.57. The van der Waals surface area contributed by atoms with E-state index in [1.165, 1.54) is 18.2 Å². The van der Waals surface area contributed by atoms with Gasteiger partial charge in [-0.15, -0.1) is 0 Å². The lowest BCUT2D eigenvalue weighted by molar-refractivity contribution is 0.102. The van der Waals surface area contributed by atoms with Gasteiger partial charge in [-0.25, -0.2) is 17.2 Å². The Balaban J connectivity index is 2.27. The monoisotopic (exact) mass is 331 g/mol. The van der Waals surface area contributed by atoms with E-state index in [4.69, 9.17) is 10.7 Å². The Bertz CT molecular complexity index is 809. The van der Waals surface area contributed by atoms with Gasteiger partial charge in [-0.05, 0) is 30.3 Å². The molecule has 0 aromatic heterocycles. The average molecular weight is 332 g/mol. The smallest absolute Gasteiger partial charge is 0.264 e. The minimum atomic E-state index is -4.21.